The van der Waals surface area contributed by atoms with E-state index in [0.29, 0.717) is 35.9 Å². The van der Waals surface area contributed by atoms with Crippen molar-refractivity contribution in [2.45, 2.75) is 26.2 Å². The van der Waals surface area contributed by atoms with Gasteiger partial charge in [-0.15, -0.1) is 0 Å². The van der Waals surface area contributed by atoms with E-state index in [1.54, 1.807) is 14.0 Å². The lowest BCUT2D eigenvalue weighted by Crippen LogP contribution is -2.31. The Morgan fingerprint density at radius 1 is 1.50 bits per heavy atom. The molecule has 2 rings (SSSR count). The Bertz CT molecular complexity index is 527. The molecule has 0 spiro atoms. The molecule has 0 saturated carbocycles. The highest BCUT2D eigenvalue weighted by Gasteiger charge is 2.20. The average molecular weight is 299 g/mol. The predicted molar refractivity (Wildman–Crippen MR) is 75.7 cm³/mol. The smallest absolute Gasteiger partial charge is 0.271 e. The van der Waals surface area contributed by atoms with Crippen LogP contribution in [-0.2, 0) is 11.8 Å². The number of carbonyl (C=O) groups is 2. The van der Waals surface area contributed by atoms with Gasteiger partial charge in [0.15, 0.2) is 0 Å². The van der Waals surface area contributed by atoms with E-state index in [0.717, 1.165) is 19.4 Å². The molecule has 6 nitrogen and oxygen atoms in total. The molecular formula is C13H19ClN4O2. The Kier molecular flexibility index (Phi) is 4.65. The number of likely N-dealkylation sites (tertiary alicyclic amines) is 1. The zero-order valence-electron chi connectivity index (χ0n) is 11.8. The topological polar surface area (TPSA) is 67.2 Å². The van der Waals surface area contributed by atoms with Gasteiger partial charge >= 0.3 is 0 Å². The molecule has 1 fully saturated rings. The monoisotopic (exact) mass is 298 g/mol. The second-order valence-electron chi connectivity index (χ2n) is 4.97. The Morgan fingerprint density at radius 3 is 2.80 bits per heavy atom. The number of rotatable bonds is 5. The van der Waals surface area contributed by atoms with E-state index in [9.17, 15) is 9.59 Å². The van der Waals surface area contributed by atoms with Crippen LogP contribution in [0.3, 0.4) is 0 Å². The molecular weight excluding hydrogens is 280 g/mol. The fourth-order valence-electron chi connectivity index (χ4n) is 2.37. The average Bonchev–Trinajstić information content (AvgIpc) is 2.90. The summed E-state index contributed by atoms with van der Waals surface area (Å²) in [5, 5.41) is 7.30. The van der Waals surface area contributed by atoms with E-state index >= 15 is 0 Å². The van der Waals surface area contributed by atoms with Gasteiger partial charge in [-0.2, -0.15) is 5.10 Å². The lowest BCUT2D eigenvalue weighted by atomic mass is 10.3. The second-order valence-corrected chi connectivity index (χ2v) is 5.34. The fraction of sp³-hybridized carbons (Fsp3) is 0.615. The zero-order chi connectivity index (χ0) is 14.7. The number of carbonyl (C=O) groups excluding carboxylic acids is 2. The molecule has 0 radical (unpaired) electrons. The van der Waals surface area contributed by atoms with E-state index in [1.165, 1.54) is 4.68 Å². The molecule has 1 saturated heterocycles. The normalized spacial score (nSPS) is 14.9. The summed E-state index contributed by atoms with van der Waals surface area (Å²) >= 11 is 6.05. The molecule has 20 heavy (non-hydrogen) atoms. The summed E-state index contributed by atoms with van der Waals surface area (Å²) in [5.41, 5.74) is 1.02. The Hall–Kier alpha value is -1.56. The van der Waals surface area contributed by atoms with Crippen LogP contribution in [-0.4, -0.2) is 46.1 Å². The first-order valence-electron chi connectivity index (χ1n) is 6.75. The third kappa shape index (κ3) is 3.12. The van der Waals surface area contributed by atoms with Gasteiger partial charge in [0.2, 0.25) is 5.91 Å². The second kappa shape index (κ2) is 6.26. The standard InChI is InChI=1S/C13H19ClN4O2/c1-9-11(14)12(17(2)16-9)13(20)15-6-4-8-18-7-3-5-10(18)19/h3-8H2,1-2H3,(H,15,20). The third-order valence-corrected chi connectivity index (χ3v) is 3.88. The van der Waals surface area contributed by atoms with E-state index in [1.807, 2.05) is 4.90 Å². The number of amides is 2. The summed E-state index contributed by atoms with van der Waals surface area (Å²) in [6, 6.07) is 0. The van der Waals surface area contributed by atoms with Crippen LogP contribution < -0.4 is 5.32 Å². The Labute approximate surface area is 123 Å². The zero-order valence-corrected chi connectivity index (χ0v) is 12.5. The van der Waals surface area contributed by atoms with Crippen molar-refractivity contribution in [2.75, 3.05) is 19.6 Å². The SMILES string of the molecule is Cc1nn(C)c(C(=O)NCCCN2CCCC2=O)c1Cl. The summed E-state index contributed by atoms with van der Waals surface area (Å²) in [5.74, 6) is -0.0209. The van der Waals surface area contributed by atoms with Crippen molar-refractivity contribution in [2.24, 2.45) is 7.05 Å². The lowest BCUT2D eigenvalue weighted by molar-refractivity contribution is -0.127. The summed E-state index contributed by atoms with van der Waals surface area (Å²) < 4.78 is 1.48. The van der Waals surface area contributed by atoms with Gasteiger partial charge in [-0.05, 0) is 19.8 Å². The molecule has 110 valence electrons. The summed E-state index contributed by atoms with van der Waals surface area (Å²) in [6.45, 7) is 3.80. The third-order valence-electron chi connectivity index (χ3n) is 3.43. The quantitative estimate of drug-likeness (QED) is 0.829. The van der Waals surface area contributed by atoms with Crippen LogP contribution in [0.2, 0.25) is 5.02 Å². The molecule has 0 aromatic carbocycles. The number of aromatic nitrogens is 2. The number of aryl methyl sites for hydroxylation is 2. The molecule has 7 heteroatoms. The van der Waals surface area contributed by atoms with Crippen molar-refractivity contribution >= 4 is 23.4 Å². The number of nitrogens with one attached hydrogen (secondary N) is 1. The minimum absolute atomic E-state index is 0.210. The molecule has 2 amide bonds. The molecule has 1 aromatic heterocycles. The lowest BCUT2D eigenvalue weighted by Gasteiger charge is -2.15. The van der Waals surface area contributed by atoms with Crippen molar-refractivity contribution in [1.82, 2.24) is 20.0 Å². The highest BCUT2D eigenvalue weighted by Crippen LogP contribution is 2.19. The predicted octanol–water partition coefficient (Wildman–Crippen LogP) is 1.12. The molecule has 1 aliphatic rings. The van der Waals surface area contributed by atoms with Crippen molar-refractivity contribution in [3.05, 3.63) is 16.4 Å². The maximum Gasteiger partial charge on any atom is 0.271 e. The minimum atomic E-state index is -0.231. The Morgan fingerprint density at radius 2 is 2.25 bits per heavy atom. The largest absolute Gasteiger partial charge is 0.351 e. The van der Waals surface area contributed by atoms with Gasteiger partial charge in [0.25, 0.3) is 5.91 Å². The molecule has 0 bridgehead atoms. The number of halogens is 1. The first-order valence-corrected chi connectivity index (χ1v) is 7.13. The molecule has 2 heterocycles. The highest BCUT2D eigenvalue weighted by atomic mass is 35.5. The number of hydrogen-bond acceptors (Lipinski definition) is 3. The van der Waals surface area contributed by atoms with Crippen LogP contribution in [0.25, 0.3) is 0 Å². The molecule has 0 atom stereocenters. The van der Waals surface area contributed by atoms with Gasteiger partial charge in [0, 0.05) is 33.1 Å². The molecule has 0 aliphatic carbocycles. The van der Waals surface area contributed by atoms with E-state index in [4.69, 9.17) is 11.6 Å². The number of hydrogen-bond donors (Lipinski definition) is 1. The van der Waals surface area contributed by atoms with E-state index < -0.39 is 0 Å². The highest BCUT2D eigenvalue weighted by molar-refractivity contribution is 6.34. The van der Waals surface area contributed by atoms with Crippen LogP contribution in [0.1, 0.15) is 35.4 Å². The van der Waals surface area contributed by atoms with Crippen LogP contribution in [0.4, 0.5) is 0 Å². The molecule has 1 aromatic rings. The number of nitrogens with zero attached hydrogens (tertiary/aromatic N) is 3. The maximum atomic E-state index is 12.0. The van der Waals surface area contributed by atoms with Crippen LogP contribution in [0.5, 0.6) is 0 Å². The van der Waals surface area contributed by atoms with Crippen molar-refractivity contribution in [1.29, 1.82) is 0 Å². The minimum Gasteiger partial charge on any atom is -0.351 e. The Balaban J connectivity index is 1.79. The van der Waals surface area contributed by atoms with Gasteiger partial charge in [-0.3, -0.25) is 14.3 Å². The van der Waals surface area contributed by atoms with Crippen LogP contribution in [0, 0.1) is 6.92 Å². The molecule has 1 N–H and O–H groups in total. The van der Waals surface area contributed by atoms with E-state index in [-0.39, 0.29) is 11.8 Å². The van der Waals surface area contributed by atoms with Crippen molar-refractivity contribution < 1.29 is 9.59 Å². The van der Waals surface area contributed by atoms with Gasteiger partial charge in [-0.1, -0.05) is 11.6 Å². The van der Waals surface area contributed by atoms with E-state index in [2.05, 4.69) is 10.4 Å². The van der Waals surface area contributed by atoms with Crippen molar-refractivity contribution in [3.63, 3.8) is 0 Å². The van der Waals surface area contributed by atoms with Gasteiger partial charge < -0.3 is 10.2 Å². The first-order chi connectivity index (χ1) is 9.50. The van der Waals surface area contributed by atoms with Crippen molar-refractivity contribution in [3.8, 4) is 0 Å². The fourth-order valence-corrected chi connectivity index (χ4v) is 2.62. The van der Waals surface area contributed by atoms with Crippen LogP contribution >= 0.6 is 11.6 Å². The first kappa shape index (κ1) is 14.8. The summed E-state index contributed by atoms with van der Waals surface area (Å²) in [7, 11) is 1.69. The van der Waals surface area contributed by atoms with Crippen LogP contribution in [0.15, 0.2) is 0 Å². The maximum absolute atomic E-state index is 12.0. The van der Waals surface area contributed by atoms with Gasteiger partial charge in [0.1, 0.15) is 5.69 Å². The van der Waals surface area contributed by atoms with Gasteiger partial charge in [0.05, 0.1) is 10.7 Å². The van der Waals surface area contributed by atoms with Gasteiger partial charge in [-0.25, -0.2) is 0 Å². The summed E-state index contributed by atoms with van der Waals surface area (Å²) in [4.78, 5) is 25.3. The molecule has 1 aliphatic heterocycles. The molecule has 0 unspecified atom stereocenters. The summed E-state index contributed by atoms with van der Waals surface area (Å²) in [6.07, 6.45) is 2.33.